The summed E-state index contributed by atoms with van der Waals surface area (Å²) >= 11 is 0. The topological polar surface area (TPSA) is 237 Å². The van der Waals surface area contributed by atoms with Crippen molar-refractivity contribution in [2.75, 3.05) is 17.2 Å². The number of carbonyl (C=O) groups is 2. The molecule has 3 atom stereocenters. The molecule has 2 heterocycles. The molecule has 0 saturated carbocycles. The molecule has 0 aliphatic carbocycles. The van der Waals surface area contributed by atoms with E-state index in [0.717, 1.165) is 4.57 Å². The largest absolute Gasteiger partial charge is 0.398 e. The maximum absolute atomic E-state index is 13.1. The Kier molecular flexibility index (Phi) is 3.65. The van der Waals surface area contributed by atoms with Crippen LogP contribution in [0.3, 0.4) is 0 Å². The maximum atomic E-state index is 13.1. The lowest BCUT2D eigenvalue weighted by atomic mass is 9.89. The number of aryl methyl sites for hydroxylation is 1. The average molecular weight is 361 g/mol. The van der Waals surface area contributed by atoms with Crippen LogP contribution in [0.25, 0.3) is 10.9 Å². The second-order valence-corrected chi connectivity index (χ2v) is 6.19. The van der Waals surface area contributed by atoms with Gasteiger partial charge >= 0.3 is 0 Å². The van der Waals surface area contributed by atoms with E-state index in [1.54, 1.807) is 0 Å². The van der Waals surface area contributed by atoms with E-state index in [1.807, 2.05) is 5.32 Å². The highest BCUT2D eigenvalue weighted by molar-refractivity contribution is 6.06. The molecule has 0 spiro atoms. The number of nitrogen functional groups attached to an aromatic ring is 3. The van der Waals surface area contributed by atoms with Gasteiger partial charge in [0.15, 0.2) is 5.66 Å². The van der Waals surface area contributed by atoms with Gasteiger partial charge in [0, 0.05) is 5.69 Å². The Morgan fingerprint density at radius 1 is 1.15 bits per heavy atom. The number of benzene rings is 1. The average Bonchev–Trinajstić information content (AvgIpc) is 2.56. The van der Waals surface area contributed by atoms with E-state index in [9.17, 15) is 14.4 Å². The molecule has 2 aromatic rings. The van der Waals surface area contributed by atoms with Crippen molar-refractivity contribution in [2.24, 2.45) is 17.2 Å². The number of hydrogen-bond acceptors (Lipinski definition) is 10. The van der Waals surface area contributed by atoms with Crippen LogP contribution in [0.5, 0.6) is 0 Å². The van der Waals surface area contributed by atoms with Crippen molar-refractivity contribution in [2.45, 2.75) is 24.7 Å². The van der Waals surface area contributed by atoms with Crippen LogP contribution >= 0.6 is 0 Å². The summed E-state index contributed by atoms with van der Waals surface area (Å²) in [4.78, 5) is 41.5. The quantitative estimate of drug-likeness (QED) is 0.194. The van der Waals surface area contributed by atoms with E-state index >= 15 is 0 Å². The van der Waals surface area contributed by atoms with Crippen molar-refractivity contribution in [3.8, 4) is 0 Å². The van der Waals surface area contributed by atoms with Crippen LogP contribution in [0.4, 0.5) is 17.1 Å². The van der Waals surface area contributed by atoms with Crippen LogP contribution in [0, 0.1) is 6.92 Å². The molecule has 3 rings (SSSR count). The van der Waals surface area contributed by atoms with Gasteiger partial charge in [-0.15, -0.1) is 0 Å². The molecule has 1 saturated heterocycles. The van der Waals surface area contributed by atoms with Crippen molar-refractivity contribution in [3.05, 3.63) is 22.2 Å². The number of piperidine rings is 1. The number of nitrogens with zero attached hydrogens (tertiary/aromatic N) is 2. The van der Waals surface area contributed by atoms with Gasteiger partial charge < -0.3 is 28.7 Å². The van der Waals surface area contributed by atoms with Crippen LogP contribution in [0.2, 0.25) is 0 Å². The van der Waals surface area contributed by atoms with Gasteiger partial charge in [-0.25, -0.2) is 4.98 Å². The molecular weight excluding hydrogens is 342 g/mol. The Balaban J connectivity index is 2.41. The lowest BCUT2D eigenvalue weighted by Crippen LogP contribution is -2.78. The lowest BCUT2D eigenvalue weighted by Gasteiger charge is -2.41. The van der Waals surface area contributed by atoms with Crippen molar-refractivity contribution < 1.29 is 9.59 Å². The summed E-state index contributed by atoms with van der Waals surface area (Å²) in [5, 5.41) is 1.94. The minimum absolute atomic E-state index is 0.00622. The first-order valence-corrected chi connectivity index (χ1v) is 7.54. The molecule has 13 N–H and O–H groups in total. The van der Waals surface area contributed by atoms with Gasteiger partial charge in [-0.3, -0.25) is 30.0 Å². The fourth-order valence-electron chi connectivity index (χ4n) is 3.11. The number of aromatic nitrogens is 2. The number of rotatable bonds is 1. The van der Waals surface area contributed by atoms with E-state index in [4.69, 9.17) is 34.4 Å². The van der Waals surface area contributed by atoms with Gasteiger partial charge in [-0.1, -0.05) is 0 Å². The Morgan fingerprint density at radius 2 is 1.77 bits per heavy atom. The normalized spacial score (nSPS) is 26.2. The molecule has 26 heavy (non-hydrogen) atoms. The Morgan fingerprint density at radius 3 is 2.38 bits per heavy atom. The molecule has 2 amide bonds. The Labute approximate surface area is 146 Å². The van der Waals surface area contributed by atoms with Gasteiger partial charge in [0.1, 0.15) is 17.4 Å². The van der Waals surface area contributed by atoms with Crippen molar-refractivity contribution in [1.82, 2.24) is 14.9 Å². The first-order chi connectivity index (χ1) is 12.0. The minimum Gasteiger partial charge on any atom is -0.398 e. The van der Waals surface area contributed by atoms with Crippen LogP contribution in [-0.2, 0) is 15.3 Å². The van der Waals surface area contributed by atoms with Gasteiger partial charge in [-0.2, -0.15) is 0 Å². The highest BCUT2D eigenvalue weighted by Crippen LogP contribution is 2.30. The first-order valence-electron chi connectivity index (χ1n) is 7.54. The van der Waals surface area contributed by atoms with Gasteiger partial charge in [-0.05, 0) is 13.0 Å². The molecule has 138 valence electrons. The zero-order valence-electron chi connectivity index (χ0n) is 13.8. The number of hydrogen-bond donors (Lipinski definition) is 7. The Hall–Kier alpha value is -3.22. The highest BCUT2D eigenvalue weighted by Gasteiger charge is 2.53. The van der Waals surface area contributed by atoms with Gasteiger partial charge in [0.2, 0.25) is 5.91 Å². The minimum atomic E-state index is -2.15. The molecule has 1 aliphatic rings. The molecular formula is C14H19N9O3. The SMILES string of the molecule is Cc1nc2c(N)c(N)cc(N)c2c(=O)n1C1(N)C(=O)NC(=O)C(N)C1N. The van der Waals surface area contributed by atoms with Crippen molar-refractivity contribution in [3.63, 3.8) is 0 Å². The molecule has 1 aromatic heterocycles. The summed E-state index contributed by atoms with van der Waals surface area (Å²) in [5.74, 6) is -1.75. The molecule has 1 aromatic carbocycles. The number of fused-ring (bicyclic) bond motifs is 1. The molecule has 3 unspecified atom stereocenters. The number of amides is 2. The predicted molar refractivity (Wildman–Crippen MR) is 95.2 cm³/mol. The summed E-state index contributed by atoms with van der Waals surface area (Å²) in [6, 6.07) is -1.39. The number of carbonyl (C=O) groups excluding carboxylic acids is 2. The van der Waals surface area contributed by atoms with Crippen molar-refractivity contribution in [1.29, 1.82) is 0 Å². The van der Waals surface area contributed by atoms with E-state index in [2.05, 4.69) is 4.98 Å². The van der Waals surface area contributed by atoms with E-state index < -0.39 is 35.1 Å². The van der Waals surface area contributed by atoms with Crippen LogP contribution < -0.4 is 45.3 Å². The number of anilines is 3. The smallest absolute Gasteiger partial charge is 0.269 e. The maximum Gasteiger partial charge on any atom is 0.269 e. The summed E-state index contributed by atoms with van der Waals surface area (Å²) < 4.78 is 0.869. The van der Waals surface area contributed by atoms with Crippen LogP contribution in [-0.4, -0.2) is 33.4 Å². The molecule has 1 aliphatic heterocycles. The van der Waals surface area contributed by atoms with E-state index in [-0.39, 0.29) is 33.8 Å². The standard InChI is InChI=1S/C14H19N9O3/c1-3-21-9-6(4(15)2-5(16)7(9)17)12(25)23(3)14(20)10(19)8(18)11(24)22-13(14)26/h2,8,10H,15-20H2,1H3,(H,22,24,26). The molecule has 12 heteroatoms. The number of nitrogens with two attached hydrogens (primary N) is 6. The third kappa shape index (κ3) is 2.06. The van der Waals surface area contributed by atoms with Gasteiger partial charge in [0.25, 0.3) is 11.5 Å². The second kappa shape index (κ2) is 5.39. The molecule has 0 bridgehead atoms. The highest BCUT2D eigenvalue weighted by atomic mass is 16.2. The number of nitrogens with one attached hydrogen (secondary N) is 1. The van der Waals surface area contributed by atoms with Gasteiger partial charge in [0.05, 0.1) is 22.8 Å². The first kappa shape index (κ1) is 17.6. The fraction of sp³-hybridized carbons (Fsp3) is 0.286. The molecule has 1 fully saturated rings. The van der Waals surface area contributed by atoms with Crippen molar-refractivity contribution >= 4 is 39.8 Å². The zero-order valence-corrected chi connectivity index (χ0v) is 13.8. The predicted octanol–water partition coefficient (Wildman–Crippen LogP) is -3.63. The van der Waals surface area contributed by atoms with Crippen LogP contribution in [0.15, 0.2) is 10.9 Å². The Bertz CT molecular complexity index is 1030. The monoisotopic (exact) mass is 361 g/mol. The third-order valence-corrected chi connectivity index (χ3v) is 4.59. The van der Waals surface area contributed by atoms with E-state index in [0.29, 0.717) is 0 Å². The summed E-state index contributed by atoms with van der Waals surface area (Å²) in [6.07, 6.45) is 0. The molecule has 12 nitrogen and oxygen atoms in total. The lowest BCUT2D eigenvalue weighted by molar-refractivity contribution is -0.143. The number of imide groups is 1. The van der Waals surface area contributed by atoms with Crippen LogP contribution in [0.1, 0.15) is 5.82 Å². The summed E-state index contributed by atoms with van der Waals surface area (Å²) in [5.41, 5.74) is 32.8. The second-order valence-electron chi connectivity index (χ2n) is 6.19. The zero-order chi connectivity index (χ0) is 19.5. The summed E-state index contributed by atoms with van der Waals surface area (Å²) in [6.45, 7) is 1.43. The fourth-order valence-corrected chi connectivity index (χ4v) is 3.11. The third-order valence-electron chi connectivity index (χ3n) is 4.59. The van der Waals surface area contributed by atoms with E-state index in [1.165, 1.54) is 13.0 Å². The molecule has 0 radical (unpaired) electrons. The summed E-state index contributed by atoms with van der Waals surface area (Å²) in [7, 11) is 0.